The van der Waals surface area contributed by atoms with E-state index in [0.29, 0.717) is 18.2 Å². The van der Waals surface area contributed by atoms with E-state index in [2.05, 4.69) is 25.6 Å². The van der Waals surface area contributed by atoms with Crippen molar-refractivity contribution in [3.05, 3.63) is 47.4 Å². The summed E-state index contributed by atoms with van der Waals surface area (Å²) in [4.78, 5) is 12.6. The number of aromatic nitrogens is 1. The summed E-state index contributed by atoms with van der Waals surface area (Å²) in [6.45, 7) is 5.83. The van der Waals surface area contributed by atoms with Crippen LogP contribution in [0.15, 0.2) is 51.7 Å². The highest BCUT2D eigenvalue weighted by Crippen LogP contribution is 2.30. The normalized spacial score (nSPS) is 23.6. The topological polar surface area (TPSA) is 81.9 Å². The predicted molar refractivity (Wildman–Crippen MR) is 116 cm³/mol. The second-order valence-corrected chi connectivity index (χ2v) is 7.97. The van der Waals surface area contributed by atoms with Gasteiger partial charge in [0.1, 0.15) is 11.5 Å². The first kappa shape index (κ1) is 23.0. The third-order valence-corrected chi connectivity index (χ3v) is 5.02. The number of alkyl halides is 3. The van der Waals surface area contributed by atoms with Crippen LogP contribution in [0.5, 0.6) is 0 Å². The third-order valence-electron chi connectivity index (χ3n) is 5.02. The molecule has 1 aliphatic heterocycles. The van der Waals surface area contributed by atoms with Crippen LogP contribution in [-0.4, -0.2) is 34.0 Å². The maximum Gasteiger partial charge on any atom is 0.433 e. The van der Waals surface area contributed by atoms with Gasteiger partial charge in [-0.1, -0.05) is 13.0 Å². The van der Waals surface area contributed by atoms with Crippen LogP contribution >= 0.6 is 0 Å². The van der Waals surface area contributed by atoms with E-state index >= 15 is 0 Å². The zero-order valence-electron chi connectivity index (χ0n) is 17.9. The number of amidine groups is 1. The van der Waals surface area contributed by atoms with Gasteiger partial charge in [-0.25, -0.2) is 4.99 Å². The van der Waals surface area contributed by atoms with Crippen molar-refractivity contribution in [2.24, 2.45) is 15.9 Å². The van der Waals surface area contributed by atoms with E-state index in [1.807, 2.05) is 32.9 Å². The second kappa shape index (κ2) is 9.64. The number of pyridine rings is 1. The van der Waals surface area contributed by atoms with Crippen molar-refractivity contribution in [2.45, 2.75) is 64.8 Å². The summed E-state index contributed by atoms with van der Waals surface area (Å²) in [5, 5.41) is 16.4. The third kappa shape index (κ3) is 6.16. The number of aliphatic hydroxyl groups is 1. The quantitative estimate of drug-likeness (QED) is 0.643. The SMILES string of the molecule is CCC1C=C(C2=CC(O)CCC2)NC(=NC(C)C)N=C1Nc1ccnc(C(F)(F)F)c1. The molecule has 1 aromatic rings. The number of halogens is 3. The fraction of sp³-hybridized carbons (Fsp3) is 0.500. The Morgan fingerprint density at radius 1 is 1.32 bits per heavy atom. The van der Waals surface area contributed by atoms with Gasteiger partial charge in [-0.05, 0) is 63.3 Å². The molecule has 2 unspecified atom stereocenters. The van der Waals surface area contributed by atoms with Gasteiger partial charge in [-0.2, -0.15) is 18.2 Å². The van der Waals surface area contributed by atoms with E-state index in [9.17, 15) is 18.3 Å². The maximum absolute atomic E-state index is 13.1. The standard InChI is InChI=1S/C22H28F3N5O/c1-4-14-11-18(15-6-5-7-17(31)10-15)29-21(27-13(2)3)30-20(14)28-16-8-9-26-19(12-16)22(23,24)25/h8-14,17,31H,4-7H2,1-3H3,(H2,26,27,28,29,30). The molecule has 3 rings (SSSR count). The molecule has 0 amide bonds. The molecule has 9 heteroatoms. The van der Waals surface area contributed by atoms with Crippen molar-refractivity contribution < 1.29 is 18.3 Å². The molecule has 0 bridgehead atoms. The van der Waals surface area contributed by atoms with Crippen LogP contribution in [0, 0.1) is 5.92 Å². The summed E-state index contributed by atoms with van der Waals surface area (Å²) in [5.41, 5.74) is 1.11. The van der Waals surface area contributed by atoms with Crippen LogP contribution in [-0.2, 0) is 6.18 Å². The number of allylic oxidation sites excluding steroid dienone is 1. The minimum Gasteiger partial charge on any atom is -0.389 e. The van der Waals surface area contributed by atoms with Crippen molar-refractivity contribution in [3.8, 4) is 0 Å². The Kier molecular flexibility index (Phi) is 7.15. The second-order valence-electron chi connectivity index (χ2n) is 7.97. The summed E-state index contributed by atoms with van der Waals surface area (Å²) >= 11 is 0. The first-order chi connectivity index (χ1) is 14.7. The molecular weight excluding hydrogens is 407 g/mol. The van der Waals surface area contributed by atoms with E-state index < -0.39 is 18.0 Å². The van der Waals surface area contributed by atoms with Crippen LogP contribution in [0.1, 0.15) is 52.1 Å². The molecule has 0 aromatic carbocycles. The number of hydrogen-bond donors (Lipinski definition) is 3. The molecule has 0 fully saturated rings. The van der Waals surface area contributed by atoms with Crippen LogP contribution in [0.2, 0.25) is 0 Å². The molecule has 1 aliphatic carbocycles. The number of guanidine groups is 1. The first-order valence-electron chi connectivity index (χ1n) is 10.5. The van der Waals surface area contributed by atoms with Crippen molar-refractivity contribution in [2.75, 3.05) is 5.32 Å². The van der Waals surface area contributed by atoms with Gasteiger partial charge in [0, 0.05) is 29.5 Å². The van der Waals surface area contributed by atoms with Crippen LogP contribution in [0.3, 0.4) is 0 Å². The molecule has 1 aromatic heterocycles. The number of nitrogens with one attached hydrogen (secondary N) is 2. The number of rotatable bonds is 4. The van der Waals surface area contributed by atoms with Gasteiger partial charge in [-0.3, -0.25) is 4.98 Å². The Morgan fingerprint density at radius 2 is 2.10 bits per heavy atom. The molecule has 0 saturated heterocycles. The summed E-state index contributed by atoms with van der Waals surface area (Å²) in [7, 11) is 0. The lowest BCUT2D eigenvalue weighted by atomic mass is 9.93. The number of hydrogen-bond acceptors (Lipinski definition) is 4. The summed E-state index contributed by atoms with van der Waals surface area (Å²) in [6, 6.07) is 2.42. The molecule has 2 atom stereocenters. The van der Waals surface area contributed by atoms with E-state index in [4.69, 9.17) is 0 Å². The fourth-order valence-corrected chi connectivity index (χ4v) is 3.53. The zero-order valence-corrected chi connectivity index (χ0v) is 17.9. The predicted octanol–water partition coefficient (Wildman–Crippen LogP) is 4.66. The van der Waals surface area contributed by atoms with E-state index in [1.165, 1.54) is 6.07 Å². The van der Waals surface area contributed by atoms with Crippen LogP contribution in [0.4, 0.5) is 18.9 Å². The van der Waals surface area contributed by atoms with Crippen molar-refractivity contribution >= 4 is 17.5 Å². The Hall–Kier alpha value is -2.68. The smallest absolute Gasteiger partial charge is 0.389 e. The summed E-state index contributed by atoms with van der Waals surface area (Å²) in [5.74, 6) is 0.705. The van der Waals surface area contributed by atoms with Gasteiger partial charge in [0.05, 0.1) is 6.10 Å². The van der Waals surface area contributed by atoms with Gasteiger partial charge in [0.15, 0.2) is 0 Å². The van der Waals surface area contributed by atoms with E-state index in [1.54, 1.807) is 0 Å². The van der Waals surface area contributed by atoms with Crippen LogP contribution < -0.4 is 10.6 Å². The maximum atomic E-state index is 13.1. The summed E-state index contributed by atoms with van der Waals surface area (Å²) < 4.78 is 39.2. The molecule has 2 heterocycles. The molecule has 0 spiro atoms. The van der Waals surface area contributed by atoms with Crippen molar-refractivity contribution in [1.29, 1.82) is 0 Å². The molecule has 168 valence electrons. The monoisotopic (exact) mass is 435 g/mol. The van der Waals surface area contributed by atoms with Crippen molar-refractivity contribution in [1.82, 2.24) is 10.3 Å². The Morgan fingerprint density at radius 3 is 2.74 bits per heavy atom. The van der Waals surface area contributed by atoms with Gasteiger partial charge < -0.3 is 15.7 Å². The van der Waals surface area contributed by atoms with Gasteiger partial charge in [-0.15, -0.1) is 0 Å². The molecule has 31 heavy (non-hydrogen) atoms. The number of aliphatic hydroxyl groups excluding tert-OH is 1. The fourth-order valence-electron chi connectivity index (χ4n) is 3.53. The molecule has 3 N–H and O–H groups in total. The molecule has 2 aliphatic rings. The largest absolute Gasteiger partial charge is 0.433 e. The Bertz CT molecular complexity index is 918. The zero-order chi connectivity index (χ0) is 22.6. The highest BCUT2D eigenvalue weighted by atomic mass is 19.4. The highest BCUT2D eigenvalue weighted by molar-refractivity contribution is 6.06. The molecular formula is C22H28F3N5O. The lowest BCUT2D eigenvalue weighted by Gasteiger charge is -2.20. The highest BCUT2D eigenvalue weighted by Gasteiger charge is 2.32. The van der Waals surface area contributed by atoms with Gasteiger partial charge in [0.2, 0.25) is 5.96 Å². The Balaban J connectivity index is 1.99. The number of aliphatic imine (C=N–C) groups is 2. The lowest BCUT2D eigenvalue weighted by molar-refractivity contribution is -0.141. The summed E-state index contributed by atoms with van der Waals surface area (Å²) in [6.07, 6.45) is 3.07. The van der Waals surface area contributed by atoms with Gasteiger partial charge >= 0.3 is 6.18 Å². The van der Waals surface area contributed by atoms with Crippen molar-refractivity contribution in [3.63, 3.8) is 0 Å². The minimum atomic E-state index is -4.53. The molecule has 0 saturated carbocycles. The van der Waals surface area contributed by atoms with Gasteiger partial charge in [0.25, 0.3) is 0 Å². The number of nitrogens with zero attached hydrogens (tertiary/aromatic N) is 3. The Labute approximate surface area is 180 Å². The van der Waals surface area contributed by atoms with E-state index in [-0.39, 0.29) is 17.6 Å². The van der Waals surface area contributed by atoms with Crippen LogP contribution in [0.25, 0.3) is 0 Å². The molecule has 0 radical (unpaired) electrons. The first-order valence-corrected chi connectivity index (χ1v) is 10.5. The van der Waals surface area contributed by atoms with E-state index in [0.717, 1.165) is 42.8 Å². The number of anilines is 1. The minimum absolute atomic E-state index is 0.0318. The molecule has 6 nitrogen and oxygen atoms in total. The lowest BCUT2D eigenvalue weighted by Crippen LogP contribution is -2.25. The average molecular weight is 435 g/mol. The average Bonchev–Trinajstić information content (AvgIpc) is 2.86.